The van der Waals surface area contributed by atoms with Crippen molar-refractivity contribution in [3.63, 3.8) is 0 Å². The summed E-state index contributed by atoms with van der Waals surface area (Å²) < 4.78 is 0. The van der Waals surface area contributed by atoms with E-state index in [1.54, 1.807) is 0 Å². The molecule has 0 fully saturated rings. The smallest absolute Gasteiger partial charge is 0.315 e. The zero-order chi connectivity index (χ0) is 13.4. The second-order valence-electron chi connectivity index (χ2n) is 3.91. The van der Waals surface area contributed by atoms with Crippen molar-refractivity contribution in [2.45, 2.75) is 19.9 Å². The first-order valence-corrected chi connectivity index (χ1v) is 5.99. The lowest BCUT2D eigenvalue weighted by Crippen LogP contribution is -2.42. The van der Waals surface area contributed by atoms with Gasteiger partial charge in [-0.25, -0.2) is 4.79 Å². The molecule has 18 heavy (non-hydrogen) atoms. The molecule has 5 nitrogen and oxygen atoms in total. The summed E-state index contributed by atoms with van der Waals surface area (Å²) in [6.07, 6.45) is 0. The van der Waals surface area contributed by atoms with Gasteiger partial charge in [-0.1, -0.05) is 30.3 Å². The number of hydrogen-bond donors (Lipinski definition) is 3. The topological polar surface area (TPSA) is 70.2 Å². The van der Waals surface area contributed by atoms with Gasteiger partial charge in [0.2, 0.25) is 5.91 Å². The molecule has 0 aliphatic carbocycles. The Balaban J connectivity index is 2.34. The number of carbonyl (C=O) groups is 2. The van der Waals surface area contributed by atoms with Crippen LogP contribution >= 0.6 is 0 Å². The van der Waals surface area contributed by atoms with Gasteiger partial charge in [-0.05, 0) is 19.4 Å². The van der Waals surface area contributed by atoms with Crippen LogP contribution in [0.25, 0.3) is 0 Å². The molecular weight excluding hydrogens is 230 g/mol. The molecule has 0 aromatic heterocycles. The molecule has 0 aliphatic heterocycles. The third-order valence-electron chi connectivity index (χ3n) is 2.43. The molecule has 0 heterocycles. The molecule has 0 aliphatic rings. The summed E-state index contributed by atoms with van der Waals surface area (Å²) >= 11 is 0. The Bertz CT molecular complexity index is 392. The van der Waals surface area contributed by atoms with Crippen LogP contribution in [-0.2, 0) is 4.79 Å². The number of hydrogen-bond acceptors (Lipinski definition) is 2. The fourth-order valence-corrected chi connectivity index (χ4v) is 1.49. The lowest BCUT2D eigenvalue weighted by atomic mass is 10.1. The quantitative estimate of drug-likeness (QED) is 0.733. The second kappa shape index (κ2) is 7.32. The number of urea groups is 1. The molecule has 5 heteroatoms. The zero-order valence-corrected chi connectivity index (χ0v) is 10.7. The summed E-state index contributed by atoms with van der Waals surface area (Å²) in [7, 11) is 0. The predicted molar refractivity (Wildman–Crippen MR) is 70.1 cm³/mol. The van der Waals surface area contributed by atoms with Crippen LogP contribution in [0.4, 0.5) is 4.79 Å². The SMILES string of the molecule is CCNC(=O)CNC(=O)NC(C)c1ccccc1. The Hall–Kier alpha value is -2.04. The van der Waals surface area contributed by atoms with E-state index in [4.69, 9.17) is 0 Å². The van der Waals surface area contributed by atoms with Crippen molar-refractivity contribution >= 4 is 11.9 Å². The third kappa shape index (κ3) is 4.86. The van der Waals surface area contributed by atoms with Gasteiger partial charge in [0.25, 0.3) is 0 Å². The Morgan fingerprint density at radius 2 is 1.83 bits per heavy atom. The standard InChI is InChI=1S/C13H19N3O2/c1-3-14-12(17)9-15-13(18)16-10(2)11-7-5-4-6-8-11/h4-8,10H,3,9H2,1-2H3,(H,14,17)(H2,15,16,18). The van der Waals surface area contributed by atoms with Gasteiger partial charge in [0.15, 0.2) is 0 Å². The van der Waals surface area contributed by atoms with E-state index in [2.05, 4.69) is 16.0 Å². The number of likely N-dealkylation sites (N-methyl/N-ethyl adjacent to an activating group) is 1. The fourth-order valence-electron chi connectivity index (χ4n) is 1.49. The van der Waals surface area contributed by atoms with Gasteiger partial charge < -0.3 is 16.0 Å². The average molecular weight is 249 g/mol. The largest absolute Gasteiger partial charge is 0.355 e. The maximum atomic E-state index is 11.5. The molecule has 1 aromatic carbocycles. The summed E-state index contributed by atoms with van der Waals surface area (Å²) in [6.45, 7) is 4.26. The number of carbonyl (C=O) groups excluding carboxylic acids is 2. The lowest BCUT2D eigenvalue weighted by Gasteiger charge is -2.14. The van der Waals surface area contributed by atoms with Crippen molar-refractivity contribution in [3.8, 4) is 0 Å². The Labute approximate surface area is 107 Å². The van der Waals surface area contributed by atoms with Gasteiger partial charge in [0.1, 0.15) is 0 Å². The van der Waals surface area contributed by atoms with Gasteiger partial charge in [0, 0.05) is 6.54 Å². The minimum atomic E-state index is -0.349. The monoisotopic (exact) mass is 249 g/mol. The minimum Gasteiger partial charge on any atom is -0.355 e. The van der Waals surface area contributed by atoms with E-state index in [1.165, 1.54) is 0 Å². The van der Waals surface area contributed by atoms with Crippen LogP contribution in [-0.4, -0.2) is 25.0 Å². The van der Waals surface area contributed by atoms with Crippen LogP contribution in [0.1, 0.15) is 25.5 Å². The Morgan fingerprint density at radius 1 is 1.17 bits per heavy atom. The summed E-state index contributed by atoms with van der Waals surface area (Å²) in [4.78, 5) is 22.7. The summed E-state index contributed by atoms with van der Waals surface area (Å²) in [5.41, 5.74) is 1.02. The predicted octanol–water partition coefficient (Wildman–Crippen LogP) is 1.18. The van der Waals surface area contributed by atoms with Crippen LogP contribution < -0.4 is 16.0 Å². The molecule has 3 N–H and O–H groups in total. The molecule has 1 rings (SSSR count). The van der Waals surface area contributed by atoms with Crippen molar-refractivity contribution in [2.75, 3.05) is 13.1 Å². The molecule has 1 unspecified atom stereocenters. The van der Waals surface area contributed by atoms with Crippen LogP contribution in [0.15, 0.2) is 30.3 Å². The first-order valence-electron chi connectivity index (χ1n) is 5.99. The molecule has 0 spiro atoms. The van der Waals surface area contributed by atoms with Crippen LogP contribution in [0, 0.1) is 0 Å². The molecular formula is C13H19N3O2. The Morgan fingerprint density at radius 3 is 2.44 bits per heavy atom. The summed E-state index contributed by atoms with van der Waals surface area (Å²) in [5, 5.41) is 7.87. The molecule has 0 radical (unpaired) electrons. The van der Waals surface area contributed by atoms with Crippen molar-refractivity contribution in [2.24, 2.45) is 0 Å². The second-order valence-corrected chi connectivity index (χ2v) is 3.91. The van der Waals surface area contributed by atoms with E-state index in [0.29, 0.717) is 6.54 Å². The molecule has 3 amide bonds. The van der Waals surface area contributed by atoms with Crippen molar-refractivity contribution in [1.82, 2.24) is 16.0 Å². The number of rotatable bonds is 5. The van der Waals surface area contributed by atoms with Crippen molar-refractivity contribution in [1.29, 1.82) is 0 Å². The van der Waals surface area contributed by atoms with E-state index in [9.17, 15) is 9.59 Å². The first-order chi connectivity index (χ1) is 8.63. The highest BCUT2D eigenvalue weighted by Gasteiger charge is 2.09. The lowest BCUT2D eigenvalue weighted by molar-refractivity contribution is -0.119. The highest BCUT2D eigenvalue weighted by atomic mass is 16.2. The maximum Gasteiger partial charge on any atom is 0.315 e. The zero-order valence-electron chi connectivity index (χ0n) is 10.7. The number of benzene rings is 1. The molecule has 0 bridgehead atoms. The van der Waals surface area contributed by atoms with Crippen molar-refractivity contribution in [3.05, 3.63) is 35.9 Å². The van der Waals surface area contributed by atoms with Gasteiger partial charge >= 0.3 is 6.03 Å². The molecule has 1 aromatic rings. The summed E-state index contributed by atoms with van der Waals surface area (Å²) in [6, 6.07) is 9.19. The highest BCUT2D eigenvalue weighted by molar-refractivity contribution is 5.83. The summed E-state index contributed by atoms with van der Waals surface area (Å²) in [5.74, 6) is -0.194. The van der Waals surface area contributed by atoms with Gasteiger partial charge in [0.05, 0.1) is 12.6 Å². The van der Waals surface area contributed by atoms with Crippen LogP contribution in [0.5, 0.6) is 0 Å². The third-order valence-corrected chi connectivity index (χ3v) is 2.43. The van der Waals surface area contributed by atoms with Crippen molar-refractivity contribution < 1.29 is 9.59 Å². The van der Waals surface area contributed by atoms with E-state index in [0.717, 1.165) is 5.56 Å². The molecule has 0 saturated carbocycles. The van der Waals surface area contributed by atoms with Gasteiger partial charge in [-0.2, -0.15) is 0 Å². The van der Waals surface area contributed by atoms with E-state index >= 15 is 0 Å². The van der Waals surface area contributed by atoms with E-state index < -0.39 is 0 Å². The average Bonchev–Trinajstić information content (AvgIpc) is 2.38. The van der Waals surface area contributed by atoms with E-state index in [-0.39, 0.29) is 24.5 Å². The fraction of sp³-hybridized carbons (Fsp3) is 0.385. The molecule has 1 atom stereocenters. The number of amides is 3. The highest BCUT2D eigenvalue weighted by Crippen LogP contribution is 2.10. The molecule has 98 valence electrons. The van der Waals surface area contributed by atoms with E-state index in [1.807, 2.05) is 44.2 Å². The van der Waals surface area contributed by atoms with Crippen LogP contribution in [0.2, 0.25) is 0 Å². The maximum absolute atomic E-state index is 11.5. The van der Waals surface area contributed by atoms with Crippen LogP contribution in [0.3, 0.4) is 0 Å². The van der Waals surface area contributed by atoms with Gasteiger partial charge in [-0.3, -0.25) is 4.79 Å². The normalized spacial score (nSPS) is 11.4. The molecule has 0 saturated heterocycles. The van der Waals surface area contributed by atoms with Gasteiger partial charge in [-0.15, -0.1) is 0 Å². The first kappa shape index (κ1) is 14.0. The Kier molecular flexibility index (Phi) is 5.70. The number of nitrogens with one attached hydrogen (secondary N) is 3. The minimum absolute atomic E-state index is 0.0127.